The lowest BCUT2D eigenvalue weighted by Crippen LogP contribution is -2.41. The number of nitrogens with one attached hydrogen (secondary N) is 2. The highest BCUT2D eigenvalue weighted by Crippen LogP contribution is 2.03. The van der Waals surface area contributed by atoms with Gasteiger partial charge in [0.15, 0.2) is 0 Å². The van der Waals surface area contributed by atoms with E-state index in [2.05, 4.69) is 15.4 Å². The maximum Gasteiger partial charge on any atom is 0.505 e. The van der Waals surface area contributed by atoms with Crippen LogP contribution in [-0.2, 0) is 9.53 Å². The van der Waals surface area contributed by atoms with Crippen LogP contribution in [0.25, 0.3) is 0 Å². The summed E-state index contributed by atoms with van der Waals surface area (Å²) < 4.78 is 4.24. The van der Waals surface area contributed by atoms with E-state index in [9.17, 15) is 9.59 Å². The van der Waals surface area contributed by atoms with Crippen LogP contribution in [0.2, 0.25) is 0 Å². The van der Waals surface area contributed by atoms with Gasteiger partial charge in [-0.1, -0.05) is 0 Å². The maximum absolute atomic E-state index is 11.3. The standard InChI is InChI=1S/C8H14N2O4.ClH/c11-7(6-2-1-3-9-6)10-4-5-14-8(12)13;/h6,9H,1-5H2,(H,10,11)(H,12,13);1H. The summed E-state index contributed by atoms with van der Waals surface area (Å²) in [5, 5.41) is 13.8. The highest BCUT2D eigenvalue weighted by Gasteiger charge is 2.21. The molecule has 0 aromatic heterocycles. The predicted octanol–water partition coefficient (Wildman–Crippen LogP) is -0.0290. The van der Waals surface area contributed by atoms with Crippen LogP contribution in [-0.4, -0.2) is 42.9 Å². The molecule has 0 bridgehead atoms. The normalized spacial score (nSPS) is 19.1. The van der Waals surface area contributed by atoms with Crippen molar-refractivity contribution in [1.29, 1.82) is 0 Å². The van der Waals surface area contributed by atoms with Gasteiger partial charge in [0.2, 0.25) is 5.91 Å². The van der Waals surface area contributed by atoms with Crippen LogP contribution in [0, 0.1) is 0 Å². The molecule has 0 saturated carbocycles. The number of rotatable bonds is 4. The van der Waals surface area contributed by atoms with Crippen molar-refractivity contribution in [2.24, 2.45) is 0 Å². The molecule has 1 rings (SSSR count). The summed E-state index contributed by atoms with van der Waals surface area (Å²) >= 11 is 0. The summed E-state index contributed by atoms with van der Waals surface area (Å²) in [6.07, 6.45) is 0.522. The number of carbonyl (C=O) groups excluding carboxylic acids is 1. The molecule has 1 fully saturated rings. The Kier molecular flexibility index (Phi) is 6.81. The van der Waals surface area contributed by atoms with Crippen molar-refractivity contribution in [3.8, 4) is 0 Å². The summed E-state index contributed by atoms with van der Waals surface area (Å²) in [5.74, 6) is -0.0866. The zero-order chi connectivity index (χ0) is 10.4. The molecular weight excluding hydrogens is 224 g/mol. The van der Waals surface area contributed by atoms with Crippen LogP contribution in [0.3, 0.4) is 0 Å². The highest BCUT2D eigenvalue weighted by molar-refractivity contribution is 5.85. The minimum Gasteiger partial charge on any atom is -0.450 e. The third kappa shape index (κ3) is 5.44. The molecule has 1 saturated heterocycles. The summed E-state index contributed by atoms with van der Waals surface area (Å²) in [5.41, 5.74) is 0. The molecule has 1 unspecified atom stereocenters. The molecule has 3 N–H and O–H groups in total. The number of carboxylic acid groups (broad SMARTS) is 1. The fourth-order valence-electron chi connectivity index (χ4n) is 1.34. The van der Waals surface area contributed by atoms with Gasteiger partial charge in [-0.3, -0.25) is 4.79 Å². The Balaban J connectivity index is 0.00000196. The molecule has 1 atom stereocenters. The number of hydrogen-bond donors (Lipinski definition) is 3. The van der Waals surface area contributed by atoms with E-state index in [1.807, 2.05) is 0 Å². The lowest BCUT2D eigenvalue weighted by Gasteiger charge is -2.10. The van der Waals surface area contributed by atoms with Gasteiger partial charge >= 0.3 is 6.16 Å². The summed E-state index contributed by atoms with van der Waals surface area (Å²) in [6, 6.07) is -0.125. The molecule has 1 heterocycles. The Morgan fingerprint density at radius 2 is 2.27 bits per heavy atom. The van der Waals surface area contributed by atoms with Gasteiger partial charge in [0.1, 0.15) is 6.61 Å². The van der Waals surface area contributed by atoms with Crippen molar-refractivity contribution in [2.75, 3.05) is 19.7 Å². The van der Waals surface area contributed by atoms with E-state index >= 15 is 0 Å². The van der Waals surface area contributed by atoms with Gasteiger partial charge < -0.3 is 20.5 Å². The van der Waals surface area contributed by atoms with Crippen molar-refractivity contribution in [3.05, 3.63) is 0 Å². The van der Waals surface area contributed by atoms with Crippen molar-refractivity contribution >= 4 is 24.5 Å². The molecule has 1 aliphatic heterocycles. The smallest absolute Gasteiger partial charge is 0.450 e. The molecule has 15 heavy (non-hydrogen) atoms. The SMILES string of the molecule is Cl.O=C(O)OCCNC(=O)C1CCCN1. The average Bonchev–Trinajstić information content (AvgIpc) is 2.64. The largest absolute Gasteiger partial charge is 0.505 e. The average molecular weight is 239 g/mol. The lowest BCUT2D eigenvalue weighted by molar-refractivity contribution is -0.122. The monoisotopic (exact) mass is 238 g/mol. The number of ether oxygens (including phenoxy) is 1. The highest BCUT2D eigenvalue weighted by atomic mass is 35.5. The number of hydrogen-bond acceptors (Lipinski definition) is 4. The number of carbonyl (C=O) groups is 2. The molecule has 0 aliphatic carbocycles. The molecule has 1 amide bonds. The Hall–Kier alpha value is -1.01. The van der Waals surface area contributed by atoms with Gasteiger partial charge in [0, 0.05) is 0 Å². The lowest BCUT2D eigenvalue weighted by atomic mass is 10.2. The maximum atomic E-state index is 11.3. The van der Waals surface area contributed by atoms with Gasteiger partial charge in [0.05, 0.1) is 12.6 Å². The van der Waals surface area contributed by atoms with E-state index in [1.54, 1.807) is 0 Å². The topological polar surface area (TPSA) is 87.7 Å². The minimum atomic E-state index is -1.32. The Labute approximate surface area is 93.8 Å². The first kappa shape index (κ1) is 14.0. The molecule has 0 spiro atoms. The fourth-order valence-corrected chi connectivity index (χ4v) is 1.34. The van der Waals surface area contributed by atoms with Crippen molar-refractivity contribution in [3.63, 3.8) is 0 Å². The molecule has 0 aromatic rings. The van der Waals surface area contributed by atoms with Crippen LogP contribution in [0.4, 0.5) is 4.79 Å². The predicted molar refractivity (Wildman–Crippen MR) is 55.3 cm³/mol. The molecule has 6 nitrogen and oxygen atoms in total. The molecule has 1 aliphatic rings. The Morgan fingerprint density at radius 1 is 1.53 bits per heavy atom. The summed E-state index contributed by atoms with van der Waals surface area (Å²) in [6.45, 7) is 1.08. The second-order valence-corrected chi connectivity index (χ2v) is 3.05. The first-order chi connectivity index (χ1) is 6.70. The van der Waals surface area contributed by atoms with Crippen LogP contribution in [0.15, 0.2) is 0 Å². The number of halogens is 1. The zero-order valence-corrected chi connectivity index (χ0v) is 9.01. The van der Waals surface area contributed by atoms with Gasteiger partial charge in [0.25, 0.3) is 0 Å². The molecule has 7 heteroatoms. The van der Waals surface area contributed by atoms with Crippen LogP contribution >= 0.6 is 12.4 Å². The minimum absolute atomic E-state index is 0. The van der Waals surface area contributed by atoms with E-state index in [4.69, 9.17) is 5.11 Å². The van der Waals surface area contributed by atoms with E-state index in [-0.39, 0.29) is 37.5 Å². The summed E-state index contributed by atoms with van der Waals surface area (Å²) in [7, 11) is 0. The van der Waals surface area contributed by atoms with Crippen molar-refractivity contribution in [2.45, 2.75) is 18.9 Å². The first-order valence-corrected chi connectivity index (χ1v) is 4.57. The van der Waals surface area contributed by atoms with Crippen LogP contribution in [0.1, 0.15) is 12.8 Å². The second kappa shape index (κ2) is 7.30. The third-order valence-electron chi connectivity index (χ3n) is 2.00. The van der Waals surface area contributed by atoms with E-state index in [0.717, 1.165) is 19.4 Å². The molecule has 0 aromatic carbocycles. The Bertz CT molecular complexity index is 219. The van der Waals surface area contributed by atoms with Crippen molar-refractivity contribution in [1.82, 2.24) is 10.6 Å². The van der Waals surface area contributed by atoms with E-state index in [1.165, 1.54) is 0 Å². The van der Waals surface area contributed by atoms with E-state index < -0.39 is 6.16 Å². The zero-order valence-electron chi connectivity index (χ0n) is 8.19. The molecule has 88 valence electrons. The van der Waals surface area contributed by atoms with Gasteiger partial charge in [-0.15, -0.1) is 12.4 Å². The quantitative estimate of drug-likeness (QED) is 0.473. The molecular formula is C8H15ClN2O4. The van der Waals surface area contributed by atoms with E-state index in [0.29, 0.717) is 0 Å². The van der Waals surface area contributed by atoms with Gasteiger partial charge in [-0.05, 0) is 19.4 Å². The summed E-state index contributed by atoms with van der Waals surface area (Å²) in [4.78, 5) is 21.3. The van der Waals surface area contributed by atoms with Crippen molar-refractivity contribution < 1.29 is 19.4 Å². The van der Waals surface area contributed by atoms with Gasteiger partial charge in [-0.25, -0.2) is 4.79 Å². The number of amides is 1. The van der Waals surface area contributed by atoms with Gasteiger partial charge in [-0.2, -0.15) is 0 Å². The van der Waals surface area contributed by atoms with Crippen LogP contribution in [0.5, 0.6) is 0 Å². The molecule has 0 radical (unpaired) electrons. The Morgan fingerprint density at radius 3 is 2.80 bits per heavy atom. The first-order valence-electron chi connectivity index (χ1n) is 4.57. The third-order valence-corrected chi connectivity index (χ3v) is 2.00. The fraction of sp³-hybridized carbons (Fsp3) is 0.750. The van der Waals surface area contributed by atoms with Crippen LogP contribution < -0.4 is 10.6 Å². The second-order valence-electron chi connectivity index (χ2n) is 3.05.